The Balaban J connectivity index is 2.83. The average molecular weight is 116 g/mol. The van der Waals surface area contributed by atoms with Crippen molar-refractivity contribution >= 4 is 12.6 Å². The van der Waals surface area contributed by atoms with Crippen LogP contribution in [0.2, 0.25) is 0 Å². The van der Waals surface area contributed by atoms with Crippen molar-refractivity contribution in [2.75, 3.05) is 0 Å². The molecule has 1 heteroatoms. The van der Waals surface area contributed by atoms with Gasteiger partial charge in [0.05, 0.1) is 0 Å². The third-order valence-corrected chi connectivity index (χ3v) is 1.45. The van der Waals surface area contributed by atoms with Crippen LogP contribution in [0.4, 0.5) is 0 Å². The summed E-state index contributed by atoms with van der Waals surface area (Å²) >= 11 is 4.98. The molecule has 0 heterocycles. The van der Waals surface area contributed by atoms with Gasteiger partial charge in [0, 0.05) is 5.25 Å². The van der Waals surface area contributed by atoms with Crippen LogP contribution < -0.4 is 0 Å². The number of hydrogen-bond donors (Lipinski definition) is 0. The summed E-state index contributed by atoms with van der Waals surface area (Å²) in [7, 11) is 0. The fourth-order valence-corrected chi connectivity index (χ4v) is 0.687. The molecule has 1 unspecified atom stereocenters. The maximum absolute atomic E-state index is 4.98. The lowest BCUT2D eigenvalue weighted by Gasteiger charge is -1.99. The van der Waals surface area contributed by atoms with E-state index in [1.165, 1.54) is 6.42 Å². The Hall–Kier alpha value is 0.350. The first-order valence-electron chi connectivity index (χ1n) is 2.76. The van der Waals surface area contributed by atoms with E-state index in [9.17, 15) is 0 Å². The zero-order chi connectivity index (χ0) is 5.70. The summed E-state index contributed by atoms with van der Waals surface area (Å²) in [6.07, 6.45) is 4.43. The van der Waals surface area contributed by atoms with Crippen molar-refractivity contribution < 1.29 is 0 Å². The van der Waals surface area contributed by atoms with Crippen molar-refractivity contribution in [3.63, 3.8) is 0 Å². The molecule has 0 aromatic carbocycles. The first-order valence-corrected chi connectivity index (χ1v) is 3.23. The monoisotopic (exact) mass is 116 g/mol. The molecule has 2 radical (unpaired) electrons. The van der Waals surface area contributed by atoms with Gasteiger partial charge in [-0.3, -0.25) is 0 Å². The molecule has 0 aliphatic heterocycles. The summed E-state index contributed by atoms with van der Waals surface area (Å²) in [6.45, 7) is 4.18. The van der Waals surface area contributed by atoms with Crippen molar-refractivity contribution in [1.82, 2.24) is 0 Å². The molecule has 0 N–H and O–H groups in total. The molecule has 1 atom stereocenters. The SMILES string of the molecule is C[CH]C([S])CCC. The van der Waals surface area contributed by atoms with Crippen LogP contribution in [-0.2, 0) is 0 Å². The predicted octanol–water partition coefficient (Wildman–Crippen LogP) is 2.58. The molecule has 0 nitrogen and oxygen atoms in total. The van der Waals surface area contributed by atoms with Crippen LogP contribution in [0.15, 0.2) is 0 Å². The number of hydrogen-bond acceptors (Lipinski definition) is 0. The molecule has 0 aliphatic carbocycles. The van der Waals surface area contributed by atoms with E-state index in [2.05, 4.69) is 13.3 Å². The summed E-state index contributed by atoms with van der Waals surface area (Å²) in [4.78, 5) is 0. The van der Waals surface area contributed by atoms with E-state index in [1.54, 1.807) is 0 Å². The summed E-state index contributed by atoms with van der Waals surface area (Å²) in [5.41, 5.74) is 0. The van der Waals surface area contributed by atoms with Crippen molar-refractivity contribution in [2.24, 2.45) is 0 Å². The molecule has 0 aromatic rings. The maximum atomic E-state index is 4.98. The van der Waals surface area contributed by atoms with Crippen molar-refractivity contribution in [2.45, 2.75) is 31.9 Å². The van der Waals surface area contributed by atoms with Gasteiger partial charge in [0.2, 0.25) is 0 Å². The van der Waals surface area contributed by atoms with Gasteiger partial charge in [0.1, 0.15) is 0 Å². The van der Waals surface area contributed by atoms with Crippen molar-refractivity contribution in [3.8, 4) is 0 Å². The van der Waals surface area contributed by atoms with E-state index in [4.69, 9.17) is 12.6 Å². The molecule has 0 rings (SSSR count). The van der Waals surface area contributed by atoms with Gasteiger partial charge in [-0.25, -0.2) is 0 Å². The molecular weight excluding hydrogens is 104 g/mol. The largest absolute Gasteiger partial charge is 0.0901 e. The average Bonchev–Trinajstić information content (AvgIpc) is 1.68. The van der Waals surface area contributed by atoms with Gasteiger partial charge in [-0.1, -0.05) is 32.9 Å². The highest BCUT2D eigenvalue weighted by atomic mass is 32.1. The van der Waals surface area contributed by atoms with E-state index in [-0.39, 0.29) is 0 Å². The van der Waals surface area contributed by atoms with Crippen molar-refractivity contribution in [1.29, 1.82) is 0 Å². The molecule has 0 aliphatic rings. The Labute approximate surface area is 51.7 Å². The molecule has 42 valence electrons. The Morgan fingerprint density at radius 2 is 2.29 bits per heavy atom. The lowest BCUT2D eigenvalue weighted by molar-refractivity contribution is 0.802. The van der Waals surface area contributed by atoms with E-state index in [0.717, 1.165) is 6.42 Å². The molecule has 0 aromatic heterocycles. The fourth-order valence-electron chi connectivity index (χ4n) is 0.451. The first kappa shape index (κ1) is 7.35. The van der Waals surface area contributed by atoms with Crippen LogP contribution in [0.25, 0.3) is 0 Å². The third kappa shape index (κ3) is 4.20. The highest BCUT2D eigenvalue weighted by molar-refractivity contribution is 7.81. The highest BCUT2D eigenvalue weighted by Crippen LogP contribution is 2.05. The second-order valence-electron chi connectivity index (χ2n) is 1.66. The van der Waals surface area contributed by atoms with E-state index >= 15 is 0 Å². The molecule has 0 fully saturated rings. The molecule has 0 bridgehead atoms. The zero-order valence-corrected chi connectivity index (χ0v) is 5.79. The molecular formula is C6H12S. The third-order valence-electron chi connectivity index (χ3n) is 0.945. The van der Waals surface area contributed by atoms with Gasteiger partial charge < -0.3 is 0 Å². The summed E-state index contributed by atoms with van der Waals surface area (Å²) in [5, 5.41) is 0.407. The van der Waals surface area contributed by atoms with Crippen molar-refractivity contribution in [3.05, 3.63) is 6.42 Å². The van der Waals surface area contributed by atoms with E-state index in [0.29, 0.717) is 5.25 Å². The Morgan fingerprint density at radius 1 is 1.71 bits per heavy atom. The van der Waals surface area contributed by atoms with Gasteiger partial charge >= 0.3 is 0 Å². The van der Waals surface area contributed by atoms with Gasteiger partial charge in [0.25, 0.3) is 0 Å². The minimum Gasteiger partial charge on any atom is -0.0901 e. The van der Waals surface area contributed by atoms with Crippen LogP contribution >= 0.6 is 12.6 Å². The van der Waals surface area contributed by atoms with Gasteiger partial charge in [-0.2, -0.15) is 0 Å². The van der Waals surface area contributed by atoms with E-state index < -0.39 is 0 Å². The topological polar surface area (TPSA) is 0 Å². The minimum absolute atomic E-state index is 0.407. The second kappa shape index (κ2) is 4.51. The zero-order valence-electron chi connectivity index (χ0n) is 4.98. The van der Waals surface area contributed by atoms with Crippen LogP contribution in [0.3, 0.4) is 0 Å². The Kier molecular flexibility index (Phi) is 4.73. The second-order valence-corrected chi connectivity index (χ2v) is 2.27. The molecule has 7 heavy (non-hydrogen) atoms. The fraction of sp³-hybridized carbons (Fsp3) is 0.833. The predicted molar refractivity (Wildman–Crippen MR) is 36.3 cm³/mol. The lowest BCUT2D eigenvalue weighted by Crippen LogP contribution is -1.93. The van der Waals surface area contributed by atoms with Crippen LogP contribution in [0.1, 0.15) is 26.7 Å². The number of rotatable bonds is 3. The standard InChI is InChI=1S/C6H12S/c1-3-5-6(7)4-2/h4,6H,3,5H2,1-2H3. The first-order chi connectivity index (χ1) is 3.31. The normalized spacial score (nSPS) is 14.1. The van der Waals surface area contributed by atoms with Crippen LogP contribution in [0, 0.1) is 6.42 Å². The van der Waals surface area contributed by atoms with Crippen LogP contribution in [-0.4, -0.2) is 5.25 Å². The Morgan fingerprint density at radius 3 is 2.43 bits per heavy atom. The summed E-state index contributed by atoms with van der Waals surface area (Å²) in [5.74, 6) is 0. The van der Waals surface area contributed by atoms with Crippen LogP contribution in [0.5, 0.6) is 0 Å². The van der Waals surface area contributed by atoms with E-state index in [1.807, 2.05) is 6.92 Å². The Bertz CT molecular complexity index is 35.2. The lowest BCUT2D eigenvalue weighted by atomic mass is 10.2. The summed E-state index contributed by atoms with van der Waals surface area (Å²) in [6, 6.07) is 0. The molecule has 0 saturated carbocycles. The maximum Gasteiger partial charge on any atom is 0.0180 e. The molecule has 0 amide bonds. The molecule has 0 spiro atoms. The quantitative estimate of drug-likeness (QED) is 0.531. The van der Waals surface area contributed by atoms with Gasteiger partial charge in [0.15, 0.2) is 0 Å². The molecule has 0 saturated heterocycles. The van der Waals surface area contributed by atoms with Gasteiger partial charge in [-0.15, -0.1) is 0 Å². The highest BCUT2D eigenvalue weighted by Gasteiger charge is 1.95. The smallest absolute Gasteiger partial charge is 0.0180 e. The minimum atomic E-state index is 0.407. The summed E-state index contributed by atoms with van der Waals surface area (Å²) < 4.78 is 0. The van der Waals surface area contributed by atoms with Gasteiger partial charge in [-0.05, 0) is 12.8 Å².